The number of aromatic nitrogens is 1. The van der Waals surface area contributed by atoms with E-state index in [2.05, 4.69) is 34.0 Å². The zero-order valence-electron chi connectivity index (χ0n) is 14.1. The largest absolute Gasteiger partial charge is 0.495 e. The number of hydrogen-bond acceptors (Lipinski definition) is 5. The number of nitrogens with one attached hydrogen (secondary N) is 1. The molecule has 0 radical (unpaired) electrons. The van der Waals surface area contributed by atoms with Gasteiger partial charge in [-0.1, -0.05) is 42.5 Å². The number of rotatable bonds is 5. The number of benzene rings is 3. The van der Waals surface area contributed by atoms with Gasteiger partial charge < -0.3 is 10.1 Å². The van der Waals surface area contributed by atoms with Crippen molar-refractivity contribution in [1.82, 2.24) is 4.37 Å². The molecule has 0 aliphatic rings. The van der Waals surface area contributed by atoms with Crippen LogP contribution in [0.3, 0.4) is 0 Å². The maximum atomic E-state index is 11.0. The monoisotopic (exact) mass is 360 g/mol. The van der Waals surface area contributed by atoms with E-state index < -0.39 is 0 Å². The van der Waals surface area contributed by atoms with Crippen molar-refractivity contribution in [2.24, 2.45) is 0 Å². The standard InChI is InChI=1S/C21H16N2O2S/c1-25-19-12-14(13-24)10-11-18(19)22-21-17-9-5-8-16(20(17)26-23-21)15-6-3-2-4-7-15/h2-13H,1H3,(H,22,23). The number of carbonyl (C=O) groups is 1. The highest BCUT2D eigenvalue weighted by Gasteiger charge is 2.13. The fourth-order valence-electron chi connectivity index (χ4n) is 2.91. The third kappa shape index (κ3) is 2.93. The fourth-order valence-corrected chi connectivity index (χ4v) is 3.78. The summed E-state index contributed by atoms with van der Waals surface area (Å²) in [5, 5.41) is 4.39. The number of hydrogen-bond donors (Lipinski definition) is 1. The molecule has 26 heavy (non-hydrogen) atoms. The quantitative estimate of drug-likeness (QED) is 0.476. The second-order valence-corrected chi connectivity index (χ2v) is 6.56. The molecule has 0 saturated carbocycles. The van der Waals surface area contributed by atoms with Gasteiger partial charge in [0.15, 0.2) is 5.82 Å². The van der Waals surface area contributed by atoms with Crippen molar-refractivity contribution < 1.29 is 9.53 Å². The average molecular weight is 360 g/mol. The molecule has 0 aliphatic heterocycles. The second-order valence-electron chi connectivity index (χ2n) is 5.78. The number of nitrogens with zero attached hydrogens (tertiary/aromatic N) is 1. The predicted molar refractivity (Wildman–Crippen MR) is 107 cm³/mol. The molecule has 1 heterocycles. The summed E-state index contributed by atoms with van der Waals surface area (Å²) in [6, 6.07) is 21.8. The van der Waals surface area contributed by atoms with Gasteiger partial charge in [0, 0.05) is 16.5 Å². The van der Waals surface area contributed by atoms with Crippen LogP contribution in [0.2, 0.25) is 0 Å². The Labute approximate surface area is 155 Å². The lowest BCUT2D eigenvalue weighted by molar-refractivity contribution is 0.112. The number of methoxy groups -OCH3 is 1. The highest BCUT2D eigenvalue weighted by molar-refractivity contribution is 7.14. The lowest BCUT2D eigenvalue weighted by atomic mass is 10.0. The van der Waals surface area contributed by atoms with Gasteiger partial charge in [0.2, 0.25) is 0 Å². The van der Waals surface area contributed by atoms with E-state index in [9.17, 15) is 4.79 Å². The zero-order chi connectivity index (χ0) is 17.9. The number of ether oxygens (including phenoxy) is 1. The van der Waals surface area contributed by atoms with Gasteiger partial charge in [-0.3, -0.25) is 4.79 Å². The number of fused-ring (bicyclic) bond motifs is 1. The molecular formula is C21H16N2O2S. The first-order valence-electron chi connectivity index (χ1n) is 8.14. The minimum Gasteiger partial charge on any atom is -0.495 e. The second kappa shape index (κ2) is 6.98. The molecule has 5 heteroatoms. The maximum absolute atomic E-state index is 11.0. The van der Waals surface area contributed by atoms with E-state index in [4.69, 9.17) is 4.74 Å². The average Bonchev–Trinajstić information content (AvgIpc) is 3.12. The minimum atomic E-state index is 0.571. The summed E-state index contributed by atoms with van der Waals surface area (Å²) >= 11 is 1.47. The molecule has 4 aromatic rings. The minimum absolute atomic E-state index is 0.571. The van der Waals surface area contributed by atoms with Crippen LogP contribution in [-0.2, 0) is 0 Å². The SMILES string of the molecule is COc1cc(C=O)ccc1Nc1nsc2c(-c3ccccc3)cccc12. The van der Waals surface area contributed by atoms with Gasteiger partial charge in [0.25, 0.3) is 0 Å². The first-order chi connectivity index (χ1) is 12.8. The molecule has 0 fully saturated rings. The summed E-state index contributed by atoms with van der Waals surface area (Å²) in [4.78, 5) is 11.0. The molecule has 4 nitrogen and oxygen atoms in total. The highest BCUT2D eigenvalue weighted by atomic mass is 32.1. The van der Waals surface area contributed by atoms with Crippen LogP contribution >= 0.6 is 11.5 Å². The molecule has 0 atom stereocenters. The molecule has 0 bridgehead atoms. The Balaban J connectivity index is 1.76. The van der Waals surface area contributed by atoms with Gasteiger partial charge in [0.1, 0.15) is 12.0 Å². The van der Waals surface area contributed by atoms with E-state index in [0.29, 0.717) is 11.3 Å². The Hall–Kier alpha value is -3.18. The molecule has 0 spiro atoms. The van der Waals surface area contributed by atoms with Crippen molar-refractivity contribution in [3.05, 3.63) is 72.3 Å². The van der Waals surface area contributed by atoms with Crippen molar-refractivity contribution in [2.45, 2.75) is 0 Å². The van der Waals surface area contributed by atoms with Crippen molar-refractivity contribution in [2.75, 3.05) is 12.4 Å². The van der Waals surface area contributed by atoms with Crippen LogP contribution in [-0.4, -0.2) is 17.8 Å². The van der Waals surface area contributed by atoms with E-state index in [0.717, 1.165) is 33.4 Å². The van der Waals surface area contributed by atoms with Gasteiger partial charge in [-0.2, -0.15) is 4.37 Å². The summed E-state index contributed by atoms with van der Waals surface area (Å²) in [6.45, 7) is 0. The van der Waals surface area contributed by atoms with Crippen LogP contribution in [0.1, 0.15) is 10.4 Å². The third-order valence-electron chi connectivity index (χ3n) is 4.20. The molecule has 1 N–H and O–H groups in total. The molecule has 0 aliphatic carbocycles. The van der Waals surface area contributed by atoms with Crippen molar-refractivity contribution >= 4 is 39.4 Å². The topological polar surface area (TPSA) is 51.2 Å². The van der Waals surface area contributed by atoms with Crippen LogP contribution in [0.4, 0.5) is 11.5 Å². The normalized spacial score (nSPS) is 10.7. The van der Waals surface area contributed by atoms with Crippen LogP contribution in [0, 0.1) is 0 Å². The Morgan fingerprint density at radius 3 is 2.65 bits per heavy atom. The molecule has 4 rings (SSSR count). The van der Waals surface area contributed by atoms with Gasteiger partial charge >= 0.3 is 0 Å². The number of aldehydes is 1. The zero-order valence-corrected chi connectivity index (χ0v) is 14.9. The lowest BCUT2D eigenvalue weighted by Crippen LogP contribution is -1.96. The third-order valence-corrected chi connectivity index (χ3v) is 5.09. The van der Waals surface area contributed by atoms with E-state index in [-0.39, 0.29) is 0 Å². The Bertz CT molecular complexity index is 1070. The van der Waals surface area contributed by atoms with Gasteiger partial charge in [-0.25, -0.2) is 0 Å². The first-order valence-corrected chi connectivity index (χ1v) is 8.91. The predicted octanol–water partition coefficient (Wildman–Crippen LogP) is 5.53. The summed E-state index contributed by atoms with van der Waals surface area (Å²) < 4.78 is 11.1. The van der Waals surface area contributed by atoms with Gasteiger partial charge in [-0.15, -0.1) is 0 Å². The first kappa shape index (κ1) is 16.3. The molecular weight excluding hydrogens is 344 g/mol. The van der Waals surface area contributed by atoms with Crippen LogP contribution in [0.5, 0.6) is 5.75 Å². The van der Waals surface area contributed by atoms with E-state index in [1.807, 2.05) is 30.3 Å². The van der Waals surface area contributed by atoms with Gasteiger partial charge in [0.05, 0.1) is 17.5 Å². The molecule has 0 saturated heterocycles. The maximum Gasteiger partial charge on any atom is 0.152 e. The van der Waals surface area contributed by atoms with E-state index >= 15 is 0 Å². The summed E-state index contributed by atoms with van der Waals surface area (Å²) in [5.41, 5.74) is 3.68. The molecule has 1 aromatic heterocycles. The smallest absolute Gasteiger partial charge is 0.152 e. The summed E-state index contributed by atoms with van der Waals surface area (Å²) in [5.74, 6) is 1.38. The van der Waals surface area contributed by atoms with E-state index in [1.54, 1.807) is 19.2 Å². The van der Waals surface area contributed by atoms with E-state index in [1.165, 1.54) is 17.1 Å². The summed E-state index contributed by atoms with van der Waals surface area (Å²) in [7, 11) is 1.59. The molecule has 3 aromatic carbocycles. The Morgan fingerprint density at radius 1 is 1.04 bits per heavy atom. The molecule has 0 amide bonds. The number of carbonyl (C=O) groups excluding carboxylic acids is 1. The Morgan fingerprint density at radius 2 is 1.88 bits per heavy atom. The van der Waals surface area contributed by atoms with Crippen LogP contribution < -0.4 is 10.1 Å². The molecule has 128 valence electrons. The van der Waals surface area contributed by atoms with Crippen molar-refractivity contribution in [3.8, 4) is 16.9 Å². The lowest BCUT2D eigenvalue weighted by Gasteiger charge is -2.10. The van der Waals surface area contributed by atoms with Crippen LogP contribution in [0.15, 0.2) is 66.7 Å². The highest BCUT2D eigenvalue weighted by Crippen LogP contribution is 2.37. The summed E-state index contributed by atoms with van der Waals surface area (Å²) in [6.07, 6.45) is 0.802. The fraction of sp³-hybridized carbons (Fsp3) is 0.0476. The van der Waals surface area contributed by atoms with Gasteiger partial charge in [-0.05, 0) is 41.4 Å². The number of anilines is 2. The van der Waals surface area contributed by atoms with Crippen molar-refractivity contribution in [1.29, 1.82) is 0 Å². The van der Waals surface area contributed by atoms with Crippen molar-refractivity contribution in [3.63, 3.8) is 0 Å². The molecule has 0 unspecified atom stereocenters. The van der Waals surface area contributed by atoms with Crippen LogP contribution in [0.25, 0.3) is 21.2 Å². The Kier molecular flexibility index (Phi) is 4.37.